The van der Waals surface area contributed by atoms with Gasteiger partial charge in [-0.3, -0.25) is 0 Å². The summed E-state index contributed by atoms with van der Waals surface area (Å²) in [7, 11) is 0. The third-order valence-corrected chi connectivity index (χ3v) is 3.74. The highest BCUT2D eigenvalue weighted by Crippen LogP contribution is 2.23. The first-order valence-corrected chi connectivity index (χ1v) is 7.77. The molecule has 0 heterocycles. The van der Waals surface area contributed by atoms with E-state index in [1.165, 1.54) is 11.6 Å². The molecule has 0 aliphatic heterocycles. The number of rotatable bonds is 7. The monoisotopic (exact) mass is 305 g/mol. The van der Waals surface area contributed by atoms with Crippen LogP contribution in [0.1, 0.15) is 30.4 Å². The molecule has 0 radical (unpaired) electrons. The van der Waals surface area contributed by atoms with Gasteiger partial charge in [-0.2, -0.15) is 0 Å². The van der Waals surface area contributed by atoms with Crippen molar-refractivity contribution in [3.05, 3.63) is 70.5 Å². The van der Waals surface area contributed by atoms with E-state index < -0.39 is 0 Å². The summed E-state index contributed by atoms with van der Waals surface area (Å²) in [5.41, 5.74) is 2.20. The lowest BCUT2D eigenvalue weighted by Crippen LogP contribution is -2.23. The second-order valence-corrected chi connectivity index (χ2v) is 5.73. The molecule has 1 nitrogen and oxygen atoms in total. The molecule has 0 aliphatic carbocycles. The Morgan fingerprint density at radius 2 is 1.95 bits per heavy atom. The molecular formula is C18H21ClFN. The van der Waals surface area contributed by atoms with Gasteiger partial charge in [-0.25, -0.2) is 4.39 Å². The molecule has 112 valence electrons. The fourth-order valence-electron chi connectivity index (χ4n) is 2.47. The Morgan fingerprint density at radius 1 is 1.14 bits per heavy atom. The van der Waals surface area contributed by atoms with Crippen LogP contribution < -0.4 is 5.32 Å². The van der Waals surface area contributed by atoms with E-state index in [1.807, 2.05) is 24.3 Å². The summed E-state index contributed by atoms with van der Waals surface area (Å²) in [6.45, 7) is 3.95. The topological polar surface area (TPSA) is 12.0 Å². The maximum absolute atomic E-state index is 13.5. The van der Waals surface area contributed by atoms with Crippen molar-refractivity contribution < 1.29 is 4.39 Å². The van der Waals surface area contributed by atoms with Gasteiger partial charge >= 0.3 is 0 Å². The van der Waals surface area contributed by atoms with Gasteiger partial charge in [0.15, 0.2) is 0 Å². The highest BCUT2D eigenvalue weighted by atomic mass is 35.5. The van der Waals surface area contributed by atoms with E-state index in [0.29, 0.717) is 0 Å². The first kappa shape index (κ1) is 16.0. The molecule has 21 heavy (non-hydrogen) atoms. The molecule has 1 atom stereocenters. The van der Waals surface area contributed by atoms with Crippen molar-refractivity contribution in [1.29, 1.82) is 0 Å². The van der Waals surface area contributed by atoms with Gasteiger partial charge in [0, 0.05) is 17.5 Å². The quantitative estimate of drug-likeness (QED) is 0.724. The van der Waals surface area contributed by atoms with Gasteiger partial charge in [0.05, 0.1) is 0 Å². The van der Waals surface area contributed by atoms with Crippen LogP contribution in [0, 0.1) is 5.82 Å². The highest BCUT2D eigenvalue weighted by Gasteiger charge is 2.13. The second kappa shape index (κ2) is 8.16. The van der Waals surface area contributed by atoms with Crippen molar-refractivity contribution in [2.75, 3.05) is 13.1 Å². The molecule has 1 N–H and O–H groups in total. The zero-order chi connectivity index (χ0) is 15.1. The van der Waals surface area contributed by atoms with Crippen LogP contribution in [0.15, 0.2) is 48.5 Å². The number of hydrogen-bond donors (Lipinski definition) is 1. The Labute approximate surface area is 131 Å². The van der Waals surface area contributed by atoms with E-state index in [0.717, 1.165) is 36.5 Å². The van der Waals surface area contributed by atoms with Crippen LogP contribution in [0.4, 0.5) is 4.39 Å². The first-order chi connectivity index (χ1) is 10.2. The maximum atomic E-state index is 13.5. The van der Waals surface area contributed by atoms with E-state index >= 15 is 0 Å². The van der Waals surface area contributed by atoms with Crippen molar-refractivity contribution in [2.24, 2.45) is 0 Å². The maximum Gasteiger partial charge on any atom is 0.123 e. The Kier molecular flexibility index (Phi) is 6.21. The molecule has 0 aliphatic rings. The van der Waals surface area contributed by atoms with E-state index in [4.69, 9.17) is 11.6 Å². The van der Waals surface area contributed by atoms with Crippen LogP contribution >= 0.6 is 11.6 Å². The minimum atomic E-state index is -0.181. The average Bonchev–Trinajstić information content (AvgIpc) is 2.46. The Hall–Kier alpha value is -1.38. The van der Waals surface area contributed by atoms with Crippen molar-refractivity contribution in [3.63, 3.8) is 0 Å². The molecule has 0 bridgehead atoms. The van der Waals surface area contributed by atoms with E-state index in [1.54, 1.807) is 12.1 Å². The zero-order valence-electron chi connectivity index (χ0n) is 12.3. The van der Waals surface area contributed by atoms with Gasteiger partial charge in [0.1, 0.15) is 5.82 Å². The number of benzene rings is 2. The summed E-state index contributed by atoms with van der Waals surface area (Å²) in [6.07, 6.45) is 1.94. The minimum Gasteiger partial charge on any atom is -0.316 e. The van der Waals surface area contributed by atoms with Crippen LogP contribution in [0.3, 0.4) is 0 Å². The van der Waals surface area contributed by atoms with Crippen molar-refractivity contribution in [2.45, 2.75) is 25.7 Å². The van der Waals surface area contributed by atoms with Gasteiger partial charge < -0.3 is 5.32 Å². The lowest BCUT2D eigenvalue weighted by Gasteiger charge is -2.18. The summed E-state index contributed by atoms with van der Waals surface area (Å²) in [4.78, 5) is 0. The van der Waals surface area contributed by atoms with E-state index in [2.05, 4.69) is 18.3 Å². The van der Waals surface area contributed by atoms with Crippen molar-refractivity contribution in [3.8, 4) is 0 Å². The summed E-state index contributed by atoms with van der Waals surface area (Å²) in [5, 5.41) is 4.18. The average molecular weight is 306 g/mol. The van der Waals surface area contributed by atoms with Gasteiger partial charge in [0.25, 0.3) is 0 Å². The largest absolute Gasteiger partial charge is 0.316 e. The summed E-state index contributed by atoms with van der Waals surface area (Å²) >= 11 is 6.05. The van der Waals surface area contributed by atoms with Crippen LogP contribution in [0.25, 0.3) is 0 Å². The van der Waals surface area contributed by atoms with Gasteiger partial charge in [-0.1, -0.05) is 42.8 Å². The first-order valence-electron chi connectivity index (χ1n) is 7.39. The van der Waals surface area contributed by atoms with Gasteiger partial charge in [-0.15, -0.1) is 0 Å². The fraction of sp³-hybridized carbons (Fsp3) is 0.333. The molecule has 2 aromatic rings. The Morgan fingerprint density at radius 3 is 2.67 bits per heavy atom. The predicted octanol–water partition coefficient (Wildman–Crippen LogP) is 4.81. The molecule has 0 saturated heterocycles. The Bertz CT molecular complexity index is 571. The summed E-state index contributed by atoms with van der Waals surface area (Å²) in [5.74, 6) is 0.0600. The molecular weight excluding hydrogens is 285 g/mol. The SMILES string of the molecule is CCCNCC(Cc1cccc(Cl)c1)c1cccc(F)c1. The normalized spacial score (nSPS) is 12.3. The third-order valence-electron chi connectivity index (χ3n) is 3.51. The van der Waals surface area contributed by atoms with Gasteiger partial charge in [-0.05, 0) is 54.8 Å². The molecule has 3 heteroatoms. The molecule has 0 fully saturated rings. The van der Waals surface area contributed by atoms with Crippen LogP contribution in [-0.2, 0) is 6.42 Å². The predicted molar refractivity (Wildman–Crippen MR) is 87.5 cm³/mol. The van der Waals surface area contributed by atoms with Crippen molar-refractivity contribution in [1.82, 2.24) is 5.32 Å². The number of nitrogens with one attached hydrogen (secondary N) is 1. The molecule has 2 aromatic carbocycles. The van der Waals surface area contributed by atoms with Gasteiger partial charge in [0.2, 0.25) is 0 Å². The molecule has 0 saturated carbocycles. The van der Waals surface area contributed by atoms with E-state index in [-0.39, 0.29) is 11.7 Å². The van der Waals surface area contributed by atoms with Crippen molar-refractivity contribution >= 4 is 11.6 Å². The molecule has 0 spiro atoms. The lowest BCUT2D eigenvalue weighted by atomic mass is 9.91. The zero-order valence-corrected chi connectivity index (χ0v) is 13.0. The van der Waals surface area contributed by atoms with Crippen LogP contribution in [0.2, 0.25) is 5.02 Å². The minimum absolute atomic E-state index is 0.181. The summed E-state index contributed by atoms with van der Waals surface area (Å²) < 4.78 is 13.5. The molecule has 0 aromatic heterocycles. The number of hydrogen-bond acceptors (Lipinski definition) is 1. The van der Waals surface area contributed by atoms with Crippen LogP contribution in [-0.4, -0.2) is 13.1 Å². The summed E-state index contributed by atoms with van der Waals surface area (Å²) in [6, 6.07) is 14.8. The third kappa shape index (κ3) is 5.14. The smallest absolute Gasteiger partial charge is 0.123 e. The Balaban J connectivity index is 2.15. The lowest BCUT2D eigenvalue weighted by molar-refractivity contribution is 0.569. The molecule has 0 amide bonds. The molecule has 2 rings (SSSR count). The standard InChI is InChI=1S/C18H21ClFN/c1-2-9-21-13-16(15-6-4-8-18(20)12-15)10-14-5-3-7-17(19)11-14/h3-8,11-12,16,21H,2,9-10,13H2,1H3. The fourth-order valence-corrected chi connectivity index (χ4v) is 2.68. The molecule has 1 unspecified atom stereocenters. The second-order valence-electron chi connectivity index (χ2n) is 5.29. The van der Waals surface area contributed by atoms with E-state index in [9.17, 15) is 4.39 Å². The number of halogens is 2. The van der Waals surface area contributed by atoms with Crippen LogP contribution in [0.5, 0.6) is 0 Å². The highest BCUT2D eigenvalue weighted by molar-refractivity contribution is 6.30.